The van der Waals surface area contributed by atoms with Gasteiger partial charge in [0.2, 0.25) is 0 Å². The Bertz CT molecular complexity index is 239. The van der Waals surface area contributed by atoms with Gasteiger partial charge in [-0.2, -0.15) is 0 Å². The molecule has 0 N–H and O–H groups in total. The summed E-state index contributed by atoms with van der Waals surface area (Å²) in [6.07, 6.45) is 0.558. The Morgan fingerprint density at radius 3 is 2.11 bits per heavy atom. The van der Waals surface area contributed by atoms with Crippen molar-refractivity contribution in [2.24, 2.45) is 0 Å². The fourth-order valence-corrected chi connectivity index (χ4v) is 7.22. The van der Waals surface area contributed by atoms with Crippen molar-refractivity contribution in [3.8, 4) is 0 Å². The molecular formula is C11H25O4PS2. The maximum atomic E-state index is 11.3. The Morgan fingerprint density at radius 1 is 1.22 bits per heavy atom. The Hall–Kier alpha value is 0.520. The van der Waals surface area contributed by atoms with Gasteiger partial charge in [0.25, 0.3) is 0 Å². The van der Waals surface area contributed by atoms with E-state index in [1.54, 1.807) is 6.92 Å². The molecule has 0 radical (unpaired) electrons. The van der Waals surface area contributed by atoms with Crippen LogP contribution in [-0.4, -0.2) is 30.5 Å². The average molecular weight is 316 g/mol. The number of carbonyl (C=O) groups excluding carboxylic acids is 1. The molecule has 4 nitrogen and oxygen atoms in total. The first-order chi connectivity index (χ1) is 8.29. The fourth-order valence-electron chi connectivity index (χ4n) is 1.09. The zero-order valence-electron chi connectivity index (χ0n) is 11.8. The van der Waals surface area contributed by atoms with E-state index in [-0.39, 0.29) is 18.2 Å². The van der Waals surface area contributed by atoms with Crippen molar-refractivity contribution in [2.75, 3.05) is 12.4 Å². The highest BCUT2D eigenvalue weighted by Crippen LogP contribution is 2.69. The fraction of sp³-hybridized carbons (Fsp3) is 0.909. The van der Waals surface area contributed by atoms with Gasteiger partial charge in [0, 0.05) is 5.75 Å². The van der Waals surface area contributed by atoms with E-state index in [0.717, 1.165) is 0 Å². The quantitative estimate of drug-likeness (QED) is 0.367. The maximum absolute atomic E-state index is 11.3. The molecule has 0 aliphatic heterocycles. The molecule has 0 spiro atoms. The third kappa shape index (κ3) is 9.45. The van der Waals surface area contributed by atoms with Crippen LogP contribution in [0, 0.1) is 0 Å². The largest absolute Gasteiger partial charge is 0.466 e. The van der Waals surface area contributed by atoms with Gasteiger partial charge in [0.05, 0.1) is 25.2 Å². The number of rotatable bonds is 9. The van der Waals surface area contributed by atoms with Gasteiger partial charge in [-0.05, 0) is 53.9 Å². The molecule has 0 aliphatic rings. The van der Waals surface area contributed by atoms with E-state index in [2.05, 4.69) is 8.44 Å². The lowest BCUT2D eigenvalue weighted by Gasteiger charge is -2.40. The van der Waals surface area contributed by atoms with Crippen molar-refractivity contribution >= 4 is 34.4 Å². The molecule has 0 aromatic rings. The predicted molar refractivity (Wildman–Crippen MR) is 83.5 cm³/mol. The second-order valence-corrected chi connectivity index (χ2v) is 11.2. The lowest BCUT2D eigenvalue weighted by atomic mass is 10.5. The van der Waals surface area contributed by atoms with Crippen molar-refractivity contribution < 1.29 is 17.9 Å². The van der Waals surface area contributed by atoms with Gasteiger partial charge in [-0.15, -0.1) is 9.24 Å². The van der Waals surface area contributed by atoms with E-state index in [4.69, 9.17) is 13.1 Å². The third-order valence-electron chi connectivity index (χ3n) is 1.51. The van der Waals surface area contributed by atoms with Crippen LogP contribution < -0.4 is 0 Å². The first-order valence-electron chi connectivity index (χ1n) is 6.06. The Balaban J connectivity index is 4.20. The van der Waals surface area contributed by atoms with E-state index < -0.39 is 9.24 Å². The van der Waals surface area contributed by atoms with Crippen LogP contribution in [-0.2, 0) is 17.9 Å². The molecule has 0 aromatic carbocycles. The van der Waals surface area contributed by atoms with Crippen LogP contribution in [0.25, 0.3) is 0 Å². The third-order valence-corrected chi connectivity index (χ3v) is 7.37. The van der Waals surface area contributed by atoms with Gasteiger partial charge < -0.3 is 4.74 Å². The molecule has 0 aliphatic carbocycles. The number of hydrogen-bond donors (Lipinski definition) is 0. The summed E-state index contributed by atoms with van der Waals surface area (Å²) in [7, 11) is 2.48. The SMILES string of the molecule is CCOC(=O)CCSS(P)(OC(C)C)OC(C)C. The van der Waals surface area contributed by atoms with Crippen molar-refractivity contribution in [3.05, 3.63) is 0 Å². The summed E-state index contributed by atoms with van der Waals surface area (Å²) >= 11 is 0. The van der Waals surface area contributed by atoms with Crippen LogP contribution in [0.2, 0.25) is 0 Å². The lowest BCUT2D eigenvalue weighted by molar-refractivity contribution is -0.142. The summed E-state index contributed by atoms with van der Waals surface area (Å²) in [5.41, 5.74) is 0. The highest BCUT2D eigenvalue weighted by molar-refractivity contribution is 9.07. The van der Waals surface area contributed by atoms with Gasteiger partial charge in [-0.1, -0.05) is 0 Å². The highest BCUT2D eigenvalue weighted by atomic mass is 33.4. The molecule has 0 bridgehead atoms. The van der Waals surface area contributed by atoms with Gasteiger partial charge in [0.1, 0.15) is 0 Å². The lowest BCUT2D eigenvalue weighted by Crippen LogP contribution is -2.12. The molecule has 0 amide bonds. The van der Waals surface area contributed by atoms with Crippen molar-refractivity contribution in [3.63, 3.8) is 0 Å². The molecule has 0 aromatic heterocycles. The van der Waals surface area contributed by atoms with Crippen molar-refractivity contribution in [1.82, 2.24) is 0 Å². The van der Waals surface area contributed by atoms with E-state index in [1.165, 1.54) is 10.8 Å². The minimum atomic E-state index is -1.72. The smallest absolute Gasteiger partial charge is 0.306 e. The summed E-state index contributed by atoms with van der Waals surface area (Å²) in [5.74, 6) is 0.461. The zero-order chi connectivity index (χ0) is 14.2. The van der Waals surface area contributed by atoms with Crippen LogP contribution >= 0.6 is 28.5 Å². The molecular weight excluding hydrogens is 291 g/mol. The highest BCUT2D eigenvalue weighted by Gasteiger charge is 2.21. The van der Waals surface area contributed by atoms with Gasteiger partial charge >= 0.3 is 5.97 Å². The number of ether oxygens (including phenoxy) is 1. The second-order valence-electron chi connectivity index (χ2n) is 4.16. The topological polar surface area (TPSA) is 44.8 Å². The number of hydrogen-bond acceptors (Lipinski definition) is 5. The molecule has 110 valence electrons. The van der Waals surface area contributed by atoms with Crippen LogP contribution in [0.1, 0.15) is 41.0 Å². The van der Waals surface area contributed by atoms with Crippen LogP contribution in [0.5, 0.6) is 0 Å². The van der Waals surface area contributed by atoms with E-state index in [1.807, 2.05) is 27.7 Å². The summed E-state index contributed by atoms with van der Waals surface area (Å²) in [6, 6.07) is 0. The van der Waals surface area contributed by atoms with E-state index >= 15 is 0 Å². The molecule has 0 saturated carbocycles. The summed E-state index contributed by atoms with van der Waals surface area (Å²) in [4.78, 5) is 11.3. The molecule has 0 saturated heterocycles. The molecule has 1 atom stereocenters. The van der Waals surface area contributed by atoms with Crippen LogP contribution in [0.15, 0.2) is 0 Å². The zero-order valence-corrected chi connectivity index (χ0v) is 14.6. The molecule has 18 heavy (non-hydrogen) atoms. The van der Waals surface area contributed by atoms with Crippen LogP contribution in [0.3, 0.4) is 0 Å². The minimum absolute atomic E-state index is 0.0892. The maximum Gasteiger partial charge on any atom is 0.306 e. The Labute approximate surface area is 118 Å². The Kier molecular flexibility index (Phi) is 9.70. The normalized spacial score (nSPS) is 13.1. The molecule has 7 heteroatoms. The monoisotopic (exact) mass is 316 g/mol. The standard InChI is InChI=1S/C11H25O4PS2/c1-6-13-11(12)7-8-17-18(16,14-9(2)3)15-10(4)5/h9-10H,6-8,16H2,1-5H3. The summed E-state index contributed by atoms with van der Waals surface area (Å²) in [5, 5.41) is 0. The van der Waals surface area contributed by atoms with E-state index in [9.17, 15) is 4.79 Å². The van der Waals surface area contributed by atoms with Crippen molar-refractivity contribution in [1.29, 1.82) is 0 Å². The second kappa shape index (κ2) is 9.43. The molecule has 0 fully saturated rings. The molecule has 0 rings (SSSR count). The van der Waals surface area contributed by atoms with E-state index in [0.29, 0.717) is 18.8 Å². The van der Waals surface area contributed by atoms with Crippen molar-refractivity contribution in [2.45, 2.75) is 53.2 Å². The van der Waals surface area contributed by atoms with Crippen LogP contribution in [0.4, 0.5) is 0 Å². The molecule has 0 heterocycles. The number of carbonyl (C=O) groups is 1. The average Bonchev–Trinajstić information content (AvgIpc) is 2.14. The molecule has 1 unspecified atom stereocenters. The van der Waals surface area contributed by atoms with Gasteiger partial charge in [0.15, 0.2) is 0 Å². The first kappa shape index (κ1) is 18.5. The first-order valence-corrected chi connectivity index (χ1v) is 10.5. The summed E-state index contributed by atoms with van der Waals surface area (Å²) in [6.45, 7) is 10.1. The Morgan fingerprint density at radius 2 is 1.72 bits per heavy atom. The van der Waals surface area contributed by atoms with Gasteiger partial charge in [-0.3, -0.25) is 13.2 Å². The minimum Gasteiger partial charge on any atom is -0.466 e. The number of esters is 1. The van der Waals surface area contributed by atoms with Gasteiger partial charge in [-0.25, -0.2) is 0 Å². The summed E-state index contributed by atoms with van der Waals surface area (Å²) < 4.78 is 16.5. The predicted octanol–water partition coefficient (Wildman–Crippen LogP) is 3.86.